The Morgan fingerprint density at radius 1 is 1.00 bits per heavy atom. The lowest BCUT2D eigenvalue weighted by molar-refractivity contribution is -0.671. The van der Waals surface area contributed by atoms with E-state index >= 15 is 0 Å². The van der Waals surface area contributed by atoms with Gasteiger partial charge in [-0.25, -0.2) is 9.13 Å². The van der Waals surface area contributed by atoms with Gasteiger partial charge in [0.2, 0.25) is 6.33 Å². The van der Waals surface area contributed by atoms with Gasteiger partial charge < -0.3 is 4.74 Å². The van der Waals surface area contributed by atoms with Crippen molar-refractivity contribution in [3.8, 4) is 0 Å². The molecule has 0 saturated heterocycles. The highest BCUT2D eigenvalue weighted by atomic mass is 16.5. The molecular weight excluding hydrogens is 224 g/mol. The molecule has 0 saturated carbocycles. The summed E-state index contributed by atoms with van der Waals surface area (Å²) in [4.78, 5) is 0. The van der Waals surface area contributed by atoms with Crippen molar-refractivity contribution in [2.24, 2.45) is 7.05 Å². The van der Waals surface area contributed by atoms with Gasteiger partial charge >= 0.3 is 0 Å². The molecule has 3 nitrogen and oxygen atoms in total. The van der Waals surface area contributed by atoms with Crippen molar-refractivity contribution >= 4 is 0 Å². The Morgan fingerprint density at radius 3 is 2.28 bits per heavy atom. The largest absolute Gasteiger partial charge is 0.342 e. The molecule has 0 aliphatic carbocycles. The van der Waals surface area contributed by atoms with E-state index in [9.17, 15) is 0 Å². The van der Waals surface area contributed by atoms with E-state index in [-0.39, 0.29) is 0 Å². The zero-order valence-corrected chi connectivity index (χ0v) is 12.1. The first-order chi connectivity index (χ1) is 8.83. The number of aryl methyl sites for hydroxylation is 1. The van der Waals surface area contributed by atoms with E-state index in [4.69, 9.17) is 4.74 Å². The Bertz CT molecular complexity index is 296. The Morgan fingerprint density at radius 2 is 1.67 bits per heavy atom. The molecule has 0 radical (unpaired) electrons. The number of imidazole rings is 1. The lowest BCUT2D eigenvalue weighted by atomic mass is 10.1. The highest BCUT2D eigenvalue weighted by molar-refractivity contribution is 4.63. The summed E-state index contributed by atoms with van der Waals surface area (Å²) in [6.45, 7) is 3.83. The molecule has 0 N–H and O–H groups in total. The minimum absolute atomic E-state index is 0.678. The van der Waals surface area contributed by atoms with Crippen LogP contribution >= 0.6 is 0 Å². The van der Waals surface area contributed by atoms with Crippen molar-refractivity contribution in [3.05, 3.63) is 18.7 Å². The van der Waals surface area contributed by atoms with Crippen LogP contribution in [-0.4, -0.2) is 11.2 Å². The van der Waals surface area contributed by atoms with Gasteiger partial charge in [-0.05, 0) is 6.42 Å². The molecule has 0 bridgehead atoms. The summed E-state index contributed by atoms with van der Waals surface area (Å²) in [5.41, 5.74) is 0. The highest BCUT2D eigenvalue weighted by Gasteiger charge is 1.98. The molecule has 1 aromatic heterocycles. The molecule has 0 aromatic carbocycles. The zero-order chi connectivity index (χ0) is 13.1. The van der Waals surface area contributed by atoms with Crippen molar-refractivity contribution in [3.63, 3.8) is 0 Å². The summed E-state index contributed by atoms with van der Waals surface area (Å²) < 4.78 is 9.72. The minimum Gasteiger partial charge on any atom is -0.342 e. The third kappa shape index (κ3) is 7.49. The van der Waals surface area contributed by atoms with Crippen LogP contribution in [0, 0.1) is 0 Å². The van der Waals surface area contributed by atoms with Crippen molar-refractivity contribution in [1.82, 2.24) is 4.57 Å². The van der Waals surface area contributed by atoms with Crippen molar-refractivity contribution < 1.29 is 9.30 Å². The van der Waals surface area contributed by atoms with Gasteiger partial charge in [0.25, 0.3) is 0 Å². The molecule has 0 aliphatic heterocycles. The molecule has 0 amide bonds. The van der Waals surface area contributed by atoms with Gasteiger partial charge in [-0.1, -0.05) is 51.9 Å². The van der Waals surface area contributed by atoms with Crippen molar-refractivity contribution in [2.45, 2.75) is 65.0 Å². The molecule has 0 unspecified atom stereocenters. The molecule has 104 valence electrons. The minimum atomic E-state index is 0.678. The van der Waals surface area contributed by atoms with Gasteiger partial charge in [0.15, 0.2) is 6.73 Å². The van der Waals surface area contributed by atoms with Crippen LogP contribution in [0.15, 0.2) is 18.7 Å². The van der Waals surface area contributed by atoms with Crippen LogP contribution in [0.25, 0.3) is 0 Å². The lowest BCUT2D eigenvalue weighted by Gasteiger charge is -2.02. The van der Waals surface area contributed by atoms with E-state index < -0.39 is 0 Å². The van der Waals surface area contributed by atoms with E-state index in [0.29, 0.717) is 6.73 Å². The molecular formula is C15H29N2O+. The molecule has 1 heterocycles. The van der Waals surface area contributed by atoms with Crippen LogP contribution in [0.1, 0.15) is 58.3 Å². The lowest BCUT2D eigenvalue weighted by Crippen LogP contribution is -2.23. The Balaban J connectivity index is 1.81. The summed E-state index contributed by atoms with van der Waals surface area (Å²) in [5, 5.41) is 0. The predicted octanol–water partition coefficient (Wildman–Crippen LogP) is 3.43. The summed E-state index contributed by atoms with van der Waals surface area (Å²) in [6.07, 6.45) is 16.9. The maximum Gasteiger partial charge on any atom is 0.245 e. The number of hydrogen-bond acceptors (Lipinski definition) is 1. The topological polar surface area (TPSA) is 18.0 Å². The molecule has 0 spiro atoms. The number of nitrogens with zero attached hydrogens (tertiary/aromatic N) is 2. The van der Waals surface area contributed by atoms with Gasteiger partial charge in [0.05, 0.1) is 13.7 Å². The summed E-state index contributed by atoms with van der Waals surface area (Å²) in [5.74, 6) is 0. The quantitative estimate of drug-likeness (QED) is 0.436. The van der Waals surface area contributed by atoms with Crippen LogP contribution < -0.4 is 4.57 Å². The fourth-order valence-electron chi connectivity index (χ4n) is 2.09. The van der Waals surface area contributed by atoms with Gasteiger partial charge in [-0.15, -0.1) is 0 Å². The average molecular weight is 253 g/mol. The Hall–Kier alpha value is -0.830. The van der Waals surface area contributed by atoms with E-state index in [0.717, 1.165) is 6.61 Å². The van der Waals surface area contributed by atoms with E-state index in [2.05, 4.69) is 11.5 Å². The number of rotatable bonds is 11. The second-order valence-electron chi connectivity index (χ2n) is 5.11. The molecule has 0 fully saturated rings. The first kappa shape index (κ1) is 15.2. The Labute approximate surface area is 112 Å². The SMILES string of the molecule is CCCCCCCCCCOCn1cc[n+](C)c1. The Kier molecular flexibility index (Phi) is 8.57. The molecule has 0 aliphatic rings. The van der Waals surface area contributed by atoms with Crippen LogP contribution in [0.3, 0.4) is 0 Å². The van der Waals surface area contributed by atoms with Crippen LogP contribution in [0.4, 0.5) is 0 Å². The number of aromatic nitrogens is 2. The smallest absolute Gasteiger partial charge is 0.245 e. The summed E-state index contributed by atoms with van der Waals surface area (Å²) in [7, 11) is 2.02. The molecule has 1 rings (SSSR count). The fourth-order valence-corrected chi connectivity index (χ4v) is 2.09. The predicted molar refractivity (Wildman–Crippen MR) is 74.2 cm³/mol. The third-order valence-electron chi connectivity index (χ3n) is 3.21. The summed E-state index contributed by atoms with van der Waals surface area (Å²) in [6, 6.07) is 0. The highest BCUT2D eigenvalue weighted by Crippen LogP contribution is 2.08. The zero-order valence-electron chi connectivity index (χ0n) is 12.1. The number of hydrogen-bond donors (Lipinski definition) is 0. The second-order valence-corrected chi connectivity index (χ2v) is 5.11. The van der Waals surface area contributed by atoms with Gasteiger partial charge in [0.1, 0.15) is 12.4 Å². The van der Waals surface area contributed by atoms with Crippen LogP contribution in [0.2, 0.25) is 0 Å². The van der Waals surface area contributed by atoms with E-state index in [1.54, 1.807) is 0 Å². The standard InChI is InChI=1S/C15H29N2O/c1-3-4-5-6-7-8-9-10-13-18-15-17-12-11-16(2)14-17/h11-12,14H,3-10,13,15H2,1-2H3/q+1. The third-order valence-corrected chi connectivity index (χ3v) is 3.21. The van der Waals surface area contributed by atoms with Crippen molar-refractivity contribution in [2.75, 3.05) is 6.61 Å². The number of ether oxygens (including phenoxy) is 1. The maximum absolute atomic E-state index is 5.63. The summed E-state index contributed by atoms with van der Waals surface area (Å²) >= 11 is 0. The van der Waals surface area contributed by atoms with Gasteiger partial charge in [-0.3, -0.25) is 0 Å². The molecule has 18 heavy (non-hydrogen) atoms. The number of unbranched alkanes of at least 4 members (excludes halogenated alkanes) is 7. The van der Waals surface area contributed by atoms with Gasteiger partial charge in [-0.2, -0.15) is 0 Å². The van der Waals surface area contributed by atoms with Crippen molar-refractivity contribution in [1.29, 1.82) is 0 Å². The fraction of sp³-hybridized carbons (Fsp3) is 0.800. The normalized spacial score (nSPS) is 11.0. The van der Waals surface area contributed by atoms with Gasteiger partial charge in [0, 0.05) is 0 Å². The molecule has 1 aromatic rings. The maximum atomic E-state index is 5.63. The second kappa shape index (κ2) is 10.1. The van der Waals surface area contributed by atoms with E-state index in [1.165, 1.54) is 51.4 Å². The molecule has 3 heteroatoms. The van der Waals surface area contributed by atoms with Crippen LogP contribution in [-0.2, 0) is 18.5 Å². The molecule has 0 atom stereocenters. The monoisotopic (exact) mass is 253 g/mol. The van der Waals surface area contributed by atoms with Crippen LogP contribution in [0.5, 0.6) is 0 Å². The first-order valence-electron chi connectivity index (χ1n) is 7.41. The first-order valence-corrected chi connectivity index (χ1v) is 7.41. The average Bonchev–Trinajstić information content (AvgIpc) is 2.77. The van der Waals surface area contributed by atoms with E-state index in [1.807, 2.05) is 30.3 Å².